The molecule has 0 saturated carbocycles. The third-order valence-corrected chi connectivity index (χ3v) is 4.07. The van der Waals surface area contributed by atoms with E-state index in [1.807, 2.05) is 62.4 Å². The second kappa shape index (κ2) is 7.13. The predicted octanol–water partition coefficient (Wildman–Crippen LogP) is 4.11. The summed E-state index contributed by atoms with van der Waals surface area (Å²) >= 11 is 0. The maximum absolute atomic E-state index is 12.7. The zero-order valence-corrected chi connectivity index (χ0v) is 14.5. The van der Waals surface area contributed by atoms with Crippen molar-refractivity contribution in [2.45, 2.75) is 13.8 Å². The molecule has 3 rings (SSSR count). The second-order valence-corrected chi connectivity index (χ2v) is 5.88. The lowest BCUT2D eigenvalue weighted by Gasteiger charge is -2.17. The van der Waals surface area contributed by atoms with Gasteiger partial charge in [-0.05, 0) is 37.1 Å². The van der Waals surface area contributed by atoms with Crippen molar-refractivity contribution in [2.24, 2.45) is 0 Å². The molecule has 0 fully saturated rings. The standard InChI is InChI=1S/C20H20N4O/c1-14-8-7-9-15(2)19(14)23-18-12-17(21-13-22-18)20(25)24(3)16-10-5-4-6-11-16/h4-13H,1-3H3,(H,21,22,23). The average Bonchev–Trinajstić information content (AvgIpc) is 2.64. The molecule has 0 radical (unpaired) electrons. The smallest absolute Gasteiger partial charge is 0.276 e. The van der Waals surface area contributed by atoms with E-state index in [-0.39, 0.29) is 5.91 Å². The normalized spacial score (nSPS) is 10.4. The zero-order chi connectivity index (χ0) is 17.8. The van der Waals surface area contributed by atoms with Crippen molar-refractivity contribution in [1.29, 1.82) is 0 Å². The number of aryl methyl sites for hydroxylation is 2. The lowest BCUT2D eigenvalue weighted by Crippen LogP contribution is -2.27. The summed E-state index contributed by atoms with van der Waals surface area (Å²) in [7, 11) is 1.73. The van der Waals surface area contributed by atoms with Crippen LogP contribution in [0.15, 0.2) is 60.9 Å². The number of anilines is 3. The summed E-state index contributed by atoms with van der Waals surface area (Å²) in [5.41, 5.74) is 4.39. The maximum Gasteiger partial charge on any atom is 0.276 e. The predicted molar refractivity (Wildman–Crippen MR) is 100 cm³/mol. The van der Waals surface area contributed by atoms with Gasteiger partial charge in [0.2, 0.25) is 0 Å². The van der Waals surface area contributed by atoms with Crippen molar-refractivity contribution in [3.63, 3.8) is 0 Å². The van der Waals surface area contributed by atoms with Crippen molar-refractivity contribution < 1.29 is 4.79 Å². The van der Waals surface area contributed by atoms with Gasteiger partial charge in [0.25, 0.3) is 5.91 Å². The number of aromatic nitrogens is 2. The number of hydrogen-bond donors (Lipinski definition) is 1. The van der Waals surface area contributed by atoms with E-state index >= 15 is 0 Å². The molecule has 1 N–H and O–H groups in total. The maximum atomic E-state index is 12.7. The number of carbonyl (C=O) groups excluding carboxylic acids is 1. The quantitative estimate of drug-likeness (QED) is 0.781. The van der Waals surface area contributed by atoms with Crippen LogP contribution in [0.5, 0.6) is 0 Å². The van der Waals surface area contributed by atoms with Crippen LogP contribution in [0.25, 0.3) is 0 Å². The van der Waals surface area contributed by atoms with E-state index in [4.69, 9.17) is 0 Å². The first-order chi connectivity index (χ1) is 12.1. The fourth-order valence-electron chi connectivity index (χ4n) is 2.62. The Morgan fingerprint density at radius 1 is 0.960 bits per heavy atom. The Kier molecular flexibility index (Phi) is 4.75. The van der Waals surface area contributed by atoms with Gasteiger partial charge in [-0.2, -0.15) is 0 Å². The minimum atomic E-state index is -0.182. The zero-order valence-electron chi connectivity index (χ0n) is 14.5. The van der Waals surface area contributed by atoms with Crippen molar-refractivity contribution in [3.05, 3.63) is 77.7 Å². The highest BCUT2D eigenvalue weighted by molar-refractivity contribution is 6.04. The molecule has 0 unspecified atom stereocenters. The van der Waals surface area contributed by atoms with E-state index in [2.05, 4.69) is 15.3 Å². The Morgan fingerprint density at radius 3 is 2.32 bits per heavy atom. The Balaban J connectivity index is 1.85. The first-order valence-corrected chi connectivity index (χ1v) is 8.04. The van der Waals surface area contributed by atoms with E-state index in [9.17, 15) is 4.79 Å². The summed E-state index contributed by atoms with van der Waals surface area (Å²) in [6.45, 7) is 4.07. The van der Waals surface area contributed by atoms with Crippen LogP contribution < -0.4 is 10.2 Å². The highest BCUT2D eigenvalue weighted by atomic mass is 16.2. The molecule has 2 aromatic carbocycles. The van der Waals surface area contributed by atoms with E-state index in [0.29, 0.717) is 11.5 Å². The molecule has 126 valence electrons. The molecule has 0 aliphatic heterocycles. The van der Waals surface area contributed by atoms with Gasteiger partial charge in [-0.1, -0.05) is 36.4 Å². The minimum Gasteiger partial charge on any atom is -0.340 e. The first kappa shape index (κ1) is 16.6. The first-order valence-electron chi connectivity index (χ1n) is 8.04. The Labute approximate surface area is 147 Å². The van der Waals surface area contributed by atoms with Crippen LogP contribution in [0.2, 0.25) is 0 Å². The molecule has 3 aromatic rings. The van der Waals surface area contributed by atoms with Gasteiger partial charge in [0.05, 0.1) is 0 Å². The van der Waals surface area contributed by atoms with E-state index in [1.165, 1.54) is 6.33 Å². The number of para-hydroxylation sites is 2. The van der Waals surface area contributed by atoms with Crippen molar-refractivity contribution in [3.8, 4) is 0 Å². The van der Waals surface area contributed by atoms with Gasteiger partial charge in [-0.3, -0.25) is 4.79 Å². The third kappa shape index (κ3) is 3.66. The summed E-state index contributed by atoms with van der Waals surface area (Å²) in [6.07, 6.45) is 1.40. The van der Waals surface area contributed by atoms with Gasteiger partial charge in [0, 0.05) is 24.5 Å². The number of rotatable bonds is 4. The van der Waals surface area contributed by atoms with Crippen LogP contribution in [-0.2, 0) is 0 Å². The second-order valence-electron chi connectivity index (χ2n) is 5.88. The third-order valence-electron chi connectivity index (χ3n) is 4.07. The van der Waals surface area contributed by atoms with Crippen LogP contribution in [0.1, 0.15) is 21.6 Å². The molecular weight excluding hydrogens is 312 g/mol. The number of amides is 1. The summed E-state index contributed by atoms with van der Waals surface area (Å²) in [5.74, 6) is 0.412. The van der Waals surface area contributed by atoms with Gasteiger partial charge in [-0.25, -0.2) is 9.97 Å². The van der Waals surface area contributed by atoms with E-state index in [0.717, 1.165) is 22.5 Å². The van der Waals surface area contributed by atoms with Crippen LogP contribution in [-0.4, -0.2) is 22.9 Å². The van der Waals surface area contributed by atoms with Gasteiger partial charge < -0.3 is 10.2 Å². The average molecular weight is 332 g/mol. The SMILES string of the molecule is Cc1cccc(C)c1Nc1cc(C(=O)N(C)c2ccccc2)ncn1. The summed E-state index contributed by atoms with van der Waals surface area (Å²) in [6, 6.07) is 17.2. The van der Waals surface area contributed by atoms with Crippen LogP contribution in [0.4, 0.5) is 17.2 Å². The highest BCUT2D eigenvalue weighted by Crippen LogP contribution is 2.23. The summed E-state index contributed by atoms with van der Waals surface area (Å²) < 4.78 is 0. The van der Waals surface area contributed by atoms with Crippen molar-refractivity contribution in [2.75, 3.05) is 17.3 Å². The largest absolute Gasteiger partial charge is 0.340 e. The number of benzene rings is 2. The molecule has 5 heteroatoms. The number of nitrogens with zero attached hydrogens (tertiary/aromatic N) is 3. The number of carbonyl (C=O) groups is 1. The van der Waals surface area contributed by atoms with Crippen molar-refractivity contribution >= 4 is 23.1 Å². The fourth-order valence-corrected chi connectivity index (χ4v) is 2.62. The highest BCUT2D eigenvalue weighted by Gasteiger charge is 2.16. The molecule has 1 amide bonds. The van der Waals surface area contributed by atoms with Gasteiger partial charge >= 0.3 is 0 Å². The monoisotopic (exact) mass is 332 g/mol. The molecule has 0 saturated heterocycles. The topological polar surface area (TPSA) is 58.1 Å². The number of nitrogens with one attached hydrogen (secondary N) is 1. The molecule has 0 aliphatic rings. The Morgan fingerprint density at radius 2 is 1.64 bits per heavy atom. The molecule has 0 bridgehead atoms. The van der Waals surface area contributed by atoms with Gasteiger partial charge in [0.15, 0.2) is 0 Å². The summed E-state index contributed by atoms with van der Waals surface area (Å²) in [5, 5.41) is 3.29. The van der Waals surface area contributed by atoms with Crippen LogP contribution in [0, 0.1) is 13.8 Å². The lowest BCUT2D eigenvalue weighted by molar-refractivity contribution is 0.0988. The van der Waals surface area contributed by atoms with Crippen LogP contribution in [0.3, 0.4) is 0 Å². The molecular formula is C20H20N4O. The van der Waals surface area contributed by atoms with E-state index < -0.39 is 0 Å². The van der Waals surface area contributed by atoms with Crippen LogP contribution >= 0.6 is 0 Å². The molecule has 0 aliphatic carbocycles. The molecule has 0 atom stereocenters. The fraction of sp³-hybridized carbons (Fsp3) is 0.150. The van der Waals surface area contributed by atoms with Gasteiger partial charge in [0.1, 0.15) is 17.8 Å². The summed E-state index contributed by atoms with van der Waals surface area (Å²) in [4.78, 5) is 22.6. The van der Waals surface area contributed by atoms with Gasteiger partial charge in [-0.15, -0.1) is 0 Å². The molecule has 1 aromatic heterocycles. The lowest BCUT2D eigenvalue weighted by atomic mass is 10.1. The molecule has 5 nitrogen and oxygen atoms in total. The Bertz CT molecular complexity index is 873. The molecule has 25 heavy (non-hydrogen) atoms. The molecule has 0 spiro atoms. The van der Waals surface area contributed by atoms with Crippen molar-refractivity contribution in [1.82, 2.24) is 9.97 Å². The number of hydrogen-bond acceptors (Lipinski definition) is 4. The minimum absolute atomic E-state index is 0.182. The molecule has 1 heterocycles. The van der Waals surface area contributed by atoms with E-state index in [1.54, 1.807) is 18.0 Å². The Hall–Kier alpha value is -3.21.